The fourth-order valence-electron chi connectivity index (χ4n) is 1.03. The van der Waals surface area contributed by atoms with Crippen LogP contribution in [0.5, 0.6) is 5.75 Å². The predicted molar refractivity (Wildman–Crippen MR) is 46.5 cm³/mol. The molecule has 0 aliphatic rings. The molecule has 66 valence electrons. The molecule has 1 rings (SSSR count). The van der Waals surface area contributed by atoms with Crippen molar-refractivity contribution in [1.29, 1.82) is 0 Å². The number of methoxy groups -OCH3 is 1. The summed E-state index contributed by atoms with van der Waals surface area (Å²) in [4.78, 5) is 0. The standard InChI is InChI=1S/C9H13NO2/c1-12-9-4-2-3-8(7-9)5-6-10-11/h2-4,7,10-11H,5-6H2,1H3. The molecule has 0 amide bonds. The summed E-state index contributed by atoms with van der Waals surface area (Å²) in [5.41, 5.74) is 3.26. The first-order chi connectivity index (χ1) is 5.86. The smallest absolute Gasteiger partial charge is 0.119 e. The quantitative estimate of drug-likeness (QED) is 0.662. The molecule has 0 fully saturated rings. The Balaban J connectivity index is 2.60. The van der Waals surface area contributed by atoms with E-state index in [1.165, 1.54) is 0 Å². The van der Waals surface area contributed by atoms with Crippen LogP contribution in [0, 0.1) is 0 Å². The Morgan fingerprint density at radius 1 is 1.50 bits per heavy atom. The summed E-state index contributed by atoms with van der Waals surface area (Å²) < 4.78 is 5.05. The van der Waals surface area contributed by atoms with E-state index in [9.17, 15) is 0 Å². The Morgan fingerprint density at radius 2 is 2.33 bits per heavy atom. The van der Waals surface area contributed by atoms with Crippen LogP contribution in [0.4, 0.5) is 0 Å². The van der Waals surface area contributed by atoms with Crippen molar-refractivity contribution in [2.24, 2.45) is 0 Å². The van der Waals surface area contributed by atoms with E-state index in [2.05, 4.69) is 5.48 Å². The molecule has 0 aliphatic carbocycles. The monoisotopic (exact) mass is 167 g/mol. The lowest BCUT2D eigenvalue weighted by Gasteiger charge is -2.02. The van der Waals surface area contributed by atoms with Gasteiger partial charge in [-0.15, -0.1) is 0 Å². The molecular formula is C9H13NO2. The number of hydrogen-bond donors (Lipinski definition) is 2. The molecule has 2 N–H and O–H groups in total. The average molecular weight is 167 g/mol. The Morgan fingerprint density at radius 3 is 3.00 bits per heavy atom. The summed E-state index contributed by atoms with van der Waals surface area (Å²) in [6.45, 7) is 0.563. The molecule has 0 saturated heterocycles. The van der Waals surface area contributed by atoms with E-state index in [-0.39, 0.29) is 0 Å². The first-order valence-corrected chi connectivity index (χ1v) is 3.86. The summed E-state index contributed by atoms with van der Waals surface area (Å²) in [6, 6.07) is 7.79. The average Bonchev–Trinajstić information content (AvgIpc) is 2.15. The number of ether oxygens (including phenoxy) is 1. The maximum atomic E-state index is 8.37. The molecule has 0 saturated carbocycles. The van der Waals surface area contributed by atoms with Crippen LogP contribution >= 0.6 is 0 Å². The van der Waals surface area contributed by atoms with Crippen LogP contribution in [0.2, 0.25) is 0 Å². The number of nitrogens with one attached hydrogen (secondary N) is 1. The molecule has 0 aliphatic heterocycles. The molecule has 1 aromatic rings. The van der Waals surface area contributed by atoms with Crippen molar-refractivity contribution in [3.63, 3.8) is 0 Å². The summed E-state index contributed by atoms with van der Waals surface area (Å²) in [5, 5.41) is 8.37. The number of rotatable bonds is 4. The predicted octanol–water partition coefficient (Wildman–Crippen LogP) is 1.22. The number of benzene rings is 1. The van der Waals surface area contributed by atoms with Gasteiger partial charge in [0.2, 0.25) is 0 Å². The van der Waals surface area contributed by atoms with E-state index in [1.54, 1.807) is 7.11 Å². The van der Waals surface area contributed by atoms with Crippen molar-refractivity contribution < 1.29 is 9.94 Å². The Hall–Kier alpha value is -1.06. The van der Waals surface area contributed by atoms with Crippen molar-refractivity contribution in [1.82, 2.24) is 5.48 Å². The third kappa shape index (κ3) is 2.53. The van der Waals surface area contributed by atoms with Crippen LogP contribution in [-0.2, 0) is 6.42 Å². The molecular weight excluding hydrogens is 154 g/mol. The molecule has 0 atom stereocenters. The van der Waals surface area contributed by atoms with Crippen LogP contribution < -0.4 is 10.2 Å². The zero-order chi connectivity index (χ0) is 8.81. The summed E-state index contributed by atoms with van der Waals surface area (Å²) in [6.07, 6.45) is 0.799. The van der Waals surface area contributed by atoms with Gasteiger partial charge in [0.15, 0.2) is 0 Å². The van der Waals surface area contributed by atoms with E-state index in [4.69, 9.17) is 9.94 Å². The van der Waals surface area contributed by atoms with Gasteiger partial charge >= 0.3 is 0 Å². The van der Waals surface area contributed by atoms with Gasteiger partial charge in [0.05, 0.1) is 7.11 Å². The van der Waals surface area contributed by atoms with Crippen LogP contribution in [-0.4, -0.2) is 18.9 Å². The van der Waals surface area contributed by atoms with Crippen molar-refractivity contribution >= 4 is 0 Å². The van der Waals surface area contributed by atoms with E-state index >= 15 is 0 Å². The van der Waals surface area contributed by atoms with Gasteiger partial charge in [-0.2, -0.15) is 0 Å². The minimum atomic E-state index is 0.563. The van der Waals surface area contributed by atoms with Gasteiger partial charge in [0, 0.05) is 6.54 Å². The summed E-state index contributed by atoms with van der Waals surface area (Å²) >= 11 is 0. The molecule has 12 heavy (non-hydrogen) atoms. The molecule has 1 aromatic carbocycles. The highest BCUT2D eigenvalue weighted by Gasteiger charge is 1.94. The molecule has 0 radical (unpaired) electrons. The Kier molecular flexibility index (Phi) is 3.57. The molecule has 0 aromatic heterocycles. The molecule has 0 bridgehead atoms. The molecule has 3 heteroatoms. The Labute approximate surface area is 71.9 Å². The molecule has 3 nitrogen and oxygen atoms in total. The van der Waals surface area contributed by atoms with Crippen molar-refractivity contribution in [3.8, 4) is 5.75 Å². The van der Waals surface area contributed by atoms with E-state index < -0.39 is 0 Å². The zero-order valence-electron chi connectivity index (χ0n) is 7.08. The second kappa shape index (κ2) is 4.74. The van der Waals surface area contributed by atoms with Crippen LogP contribution in [0.1, 0.15) is 5.56 Å². The van der Waals surface area contributed by atoms with Crippen molar-refractivity contribution in [2.75, 3.05) is 13.7 Å². The summed E-state index contributed by atoms with van der Waals surface area (Å²) in [7, 11) is 1.64. The van der Waals surface area contributed by atoms with Gasteiger partial charge in [-0.25, -0.2) is 5.48 Å². The largest absolute Gasteiger partial charge is 0.497 e. The minimum Gasteiger partial charge on any atom is -0.497 e. The number of hydroxylamine groups is 1. The lowest BCUT2D eigenvalue weighted by Crippen LogP contribution is -2.11. The van der Waals surface area contributed by atoms with Gasteiger partial charge in [-0.1, -0.05) is 12.1 Å². The molecule has 0 heterocycles. The number of hydrogen-bond acceptors (Lipinski definition) is 3. The van der Waals surface area contributed by atoms with Gasteiger partial charge in [0.1, 0.15) is 5.75 Å². The maximum Gasteiger partial charge on any atom is 0.119 e. The fourth-order valence-corrected chi connectivity index (χ4v) is 1.03. The van der Waals surface area contributed by atoms with Gasteiger partial charge in [-0.05, 0) is 24.1 Å². The molecule has 0 spiro atoms. The van der Waals surface area contributed by atoms with Crippen LogP contribution in [0.15, 0.2) is 24.3 Å². The topological polar surface area (TPSA) is 41.5 Å². The minimum absolute atomic E-state index is 0.563. The first kappa shape index (κ1) is 9.03. The fraction of sp³-hybridized carbons (Fsp3) is 0.333. The SMILES string of the molecule is COc1cccc(CCNO)c1. The second-order valence-electron chi connectivity index (χ2n) is 2.51. The van der Waals surface area contributed by atoms with E-state index in [0.717, 1.165) is 17.7 Å². The lowest BCUT2D eigenvalue weighted by atomic mass is 10.1. The van der Waals surface area contributed by atoms with Crippen molar-refractivity contribution in [3.05, 3.63) is 29.8 Å². The van der Waals surface area contributed by atoms with Gasteiger partial charge in [0.25, 0.3) is 0 Å². The van der Waals surface area contributed by atoms with Crippen LogP contribution in [0.3, 0.4) is 0 Å². The second-order valence-corrected chi connectivity index (χ2v) is 2.51. The molecule has 0 unspecified atom stereocenters. The van der Waals surface area contributed by atoms with Crippen LogP contribution in [0.25, 0.3) is 0 Å². The highest BCUT2D eigenvalue weighted by Crippen LogP contribution is 2.12. The van der Waals surface area contributed by atoms with E-state index in [0.29, 0.717) is 6.54 Å². The van der Waals surface area contributed by atoms with E-state index in [1.807, 2.05) is 24.3 Å². The van der Waals surface area contributed by atoms with Gasteiger partial charge in [-0.3, -0.25) is 0 Å². The highest BCUT2D eigenvalue weighted by atomic mass is 16.5. The lowest BCUT2D eigenvalue weighted by molar-refractivity contribution is 0.168. The summed E-state index contributed by atoms with van der Waals surface area (Å²) in [5.74, 6) is 0.852. The van der Waals surface area contributed by atoms with Crippen molar-refractivity contribution in [2.45, 2.75) is 6.42 Å². The highest BCUT2D eigenvalue weighted by molar-refractivity contribution is 5.28. The normalized spacial score (nSPS) is 9.83. The third-order valence-corrected chi connectivity index (χ3v) is 1.66. The van der Waals surface area contributed by atoms with Gasteiger partial charge < -0.3 is 9.94 Å². The zero-order valence-corrected chi connectivity index (χ0v) is 7.08. The maximum absolute atomic E-state index is 8.37. The third-order valence-electron chi connectivity index (χ3n) is 1.66. The first-order valence-electron chi connectivity index (χ1n) is 3.86. The Bertz CT molecular complexity index is 238.